The average Bonchev–Trinajstić information content (AvgIpc) is 2.67. The highest BCUT2D eigenvalue weighted by molar-refractivity contribution is 5.63. The van der Waals surface area contributed by atoms with E-state index in [-0.39, 0.29) is 0 Å². The molecule has 0 spiro atoms. The summed E-state index contributed by atoms with van der Waals surface area (Å²) in [5.74, 6) is 2.10. The van der Waals surface area contributed by atoms with Gasteiger partial charge in [0.15, 0.2) is 11.5 Å². The molecule has 3 aromatic carbocycles. The minimum Gasteiger partial charge on any atom is -0.493 e. The molecule has 0 aliphatic rings. The number of methoxy groups -OCH3 is 2. The minimum atomic E-state index is 0.505. The zero-order valence-corrected chi connectivity index (χ0v) is 13.9. The molecular weight excluding hydrogens is 300 g/mol. The number of ether oxygens (including phenoxy) is 3. The van der Waals surface area contributed by atoms with Gasteiger partial charge in [0.05, 0.1) is 14.2 Å². The molecule has 0 amide bonds. The summed E-state index contributed by atoms with van der Waals surface area (Å²) >= 11 is 0. The molecule has 0 radical (unpaired) electrons. The van der Waals surface area contributed by atoms with Crippen molar-refractivity contribution in [2.45, 2.75) is 6.61 Å². The zero-order chi connectivity index (χ0) is 16.8. The Morgan fingerprint density at radius 2 is 1.33 bits per heavy atom. The molecular formula is C21H20O3. The molecule has 0 aromatic heterocycles. The van der Waals surface area contributed by atoms with E-state index >= 15 is 0 Å². The monoisotopic (exact) mass is 320 g/mol. The van der Waals surface area contributed by atoms with E-state index in [2.05, 4.69) is 36.4 Å². The van der Waals surface area contributed by atoms with Gasteiger partial charge in [-0.1, -0.05) is 54.6 Å². The Kier molecular flexibility index (Phi) is 5.02. The number of rotatable bonds is 6. The van der Waals surface area contributed by atoms with Crippen molar-refractivity contribution in [3.63, 3.8) is 0 Å². The van der Waals surface area contributed by atoms with E-state index in [1.54, 1.807) is 14.2 Å². The lowest BCUT2D eigenvalue weighted by Gasteiger charge is -2.11. The fourth-order valence-corrected chi connectivity index (χ4v) is 2.50. The van der Waals surface area contributed by atoms with Crippen molar-refractivity contribution >= 4 is 0 Å². The summed E-state index contributed by atoms with van der Waals surface area (Å²) in [6.07, 6.45) is 0. The van der Waals surface area contributed by atoms with Gasteiger partial charge in [0.2, 0.25) is 0 Å². The third-order valence-electron chi connectivity index (χ3n) is 3.82. The van der Waals surface area contributed by atoms with Gasteiger partial charge in [-0.25, -0.2) is 0 Å². The molecule has 0 aliphatic carbocycles. The second kappa shape index (κ2) is 7.55. The Morgan fingerprint density at radius 1 is 0.667 bits per heavy atom. The predicted molar refractivity (Wildman–Crippen MR) is 95.8 cm³/mol. The maximum atomic E-state index is 5.84. The molecule has 0 bridgehead atoms. The molecule has 3 nitrogen and oxygen atoms in total. The van der Waals surface area contributed by atoms with Gasteiger partial charge in [0.1, 0.15) is 12.4 Å². The lowest BCUT2D eigenvalue weighted by molar-refractivity contribution is 0.300. The van der Waals surface area contributed by atoms with E-state index < -0.39 is 0 Å². The van der Waals surface area contributed by atoms with Crippen LogP contribution in [0.3, 0.4) is 0 Å². The van der Waals surface area contributed by atoms with Gasteiger partial charge in [0.25, 0.3) is 0 Å². The molecule has 3 heteroatoms. The summed E-state index contributed by atoms with van der Waals surface area (Å²) in [5.41, 5.74) is 3.53. The lowest BCUT2D eigenvalue weighted by Crippen LogP contribution is -1.97. The van der Waals surface area contributed by atoms with Crippen LogP contribution in [-0.2, 0) is 6.61 Å². The highest BCUT2D eigenvalue weighted by Gasteiger charge is 2.05. The SMILES string of the molecule is COc1ccc(OCc2ccc(-c3ccccc3)cc2)cc1OC. The van der Waals surface area contributed by atoms with Crippen molar-refractivity contribution in [1.82, 2.24) is 0 Å². The molecule has 0 saturated heterocycles. The Hall–Kier alpha value is -2.94. The second-order valence-electron chi connectivity index (χ2n) is 5.37. The highest BCUT2D eigenvalue weighted by Crippen LogP contribution is 2.31. The van der Waals surface area contributed by atoms with Crippen LogP contribution in [-0.4, -0.2) is 14.2 Å². The van der Waals surface area contributed by atoms with Gasteiger partial charge in [-0.2, -0.15) is 0 Å². The average molecular weight is 320 g/mol. The van der Waals surface area contributed by atoms with Crippen molar-refractivity contribution < 1.29 is 14.2 Å². The van der Waals surface area contributed by atoms with Crippen molar-refractivity contribution in [2.24, 2.45) is 0 Å². The van der Waals surface area contributed by atoms with E-state index in [0.29, 0.717) is 18.1 Å². The smallest absolute Gasteiger partial charge is 0.164 e. The number of hydrogen-bond acceptors (Lipinski definition) is 3. The van der Waals surface area contributed by atoms with Crippen molar-refractivity contribution in [1.29, 1.82) is 0 Å². The number of hydrogen-bond donors (Lipinski definition) is 0. The van der Waals surface area contributed by atoms with Crippen LogP contribution in [0.2, 0.25) is 0 Å². The van der Waals surface area contributed by atoms with Gasteiger partial charge >= 0.3 is 0 Å². The minimum absolute atomic E-state index is 0.505. The van der Waals surface area contributed by atoms with Crippen molar-refractivity contribution in [2.75, 3.05) is 14.2 Å². The van der Waals surface area contributed by atoms with Gasteiger partial charge < -0.3 is 14.2 Å². The van der Waals surface area contributed by atoms with Crippen LogP contribution in [0.5, 0.6) is 17.2 Å². The van der Waals surface area contributed by atoms with E-state index in [1.165, 1.54) is 11.1 Å². The Morgan fingerprint density at radius 3 is 2.00 bits per heavy atom. The summed E-state index contributed by atoms with van der Waals surface area (Å²) < 4.78 is 16.4. The first-order chi connectivity index (χ1) is 11.8. The second-order valence-corrected chi connectivity index (χ2v) is 5.37. The standard InChI is InChI=1S/C21H20O3/c1-22-20-13-12-19(14-21(20)23-2)24-15-16-8-10-18(11-9-16)17-6-4-3-5-7-17/h3-14H,15H2,1-2H3. The van der Waals surface area contributed by atoms with E-state index in [0.717, 1.165) is 11.3 Å². The summed E-state index contributed by atoms with van der Waals surface area (Å²) in [5, 5.41) is 0. The van der Waals surface area contributed by atoms with Crippen LogP contribution in [0.15, 0.2) is 72.8 Å². The summed E-state index contributed by atoms with van der Waals surface area (Å²) in [7, 11) is 3.23. The highest BCUT2D eigenvalue weighted by atomic mass is 16.5. The van der Waals surface area contributed by atoms with Crippen LogP contribution in [0.1, 0.15) is 5.56 Å². The molecule has 0 fully saturated rings. The molecule has 0 N–H and O–H groups in total. The maximum Gasteiger partial charge on any atom is 0.164 e. The maximum absolute atomic E-state index is 5.84. The van der Waals surface area contributed by atoms with Crippen LogP contribution in [0, 0.1) is 0 Å². The van der Waals surface area contributed by atoms with E-state index in [4.69, 9.17) is 14.2 Å². The Bertz CT molecular complexity index is 780. The fraction of sp³-hybridized carbons (Fsp3) is 0.143. The van der Waals surface area contributed by atoms with Crippen molar-refractivity contribution in [3.8, 4) is 28.4 Å². The lowest BCUT2D eigenvalue weighted by atomic mass is 10.0. The van der Waals surface area contributed by atoms with Crippen LogP contribution in [0.4, 0.5) is 0 Å². The first-order valence-electron chi connectivity index (χ1n) is 7.79. The van der Waals surface area contributed by atoms with Crippen LogP contribution >= 0.6 is 0 Å². The molecule has 0 saturated carbocycles. The predicted octanol–water partition coefficient (Wildman–Crippen LogP) is 4.95. The van der Waals surface area contributed by atoms with E-state index in [9.17, 15) is 0 Å². The molecule has 0 atom stereocenters. The molecule has 3 rings (SSSR count). The fourth-order valence-electron chi connectivity index (χ4n) is 2.50. The molecule has 24 heavy (non-hydrogen) atoms. The normalized spacial score (nSPS) is 10.2. The molecule has 0 aliphatic heterocycles. The third-order valence-corrected chi connectivity index (χ3v) is 3.82. The number of benzene rings is 3. The first-order valence-corrected chi connectivity index (χ1v) is 7.79. The Labute approximate surface area is 142 Å². The van der Waals surface area contributed by atoms with Gasteiger partial charge in [0, 0.05) is 6.07 Å². The van der Waals surface area contributed by atoms with Crippen molar-refractivity contribution in [3.05, 3.63) is 78.4 Å². The van der Waals surface area contributed by atoms with Crippen LogP contribution < -0.4 is 14.2 Å². The van der Waals surface area contributed by atoms with Gasteiger partial charge in [-0.3, -0.25) is 0 Å². The van der Waals surface area contributed by atoms with Gasteiger partial charge in [-0.05, 0) is 28.8 Å². The summed E-state index contributed by atoms with van der Waals surface area (Å²) in [6, 6.07) is 24.3. The molecule has 3 aromatic rings. The largest absolute Gasteiger partial charge is 0.493 e. The van der Waals surface area contributed by atoms with Crippen LogP contribution in [0.25, 0.3) is 11.1 Å². The third kappa shape index (κ3) is 3.69. The zero-order valence-electron chi connectivity index (χ0n) is 13.9. The summed E-state index contributed by atoms with van der Waals surface area (Å²) in [4.78, 5) is 0. The topological polar surface area (TPSA) is 27.7 Å². The molecule has 0 unspecified atom stereocenters. The summed E-state index contributed by atoms with van der Waals surface area (Å²) in [6.45, 7) is 0.505. The van der Waals surface area contributed by atoms with Gasteiger partial charge in [-0.15, -0.1) is 0 Å². The molecule has 122 valence electrons. The quantitative estimate of drug-likeness (QED) is 0.643. The Balaban J connectivity index is 1.67. The molecule has 0 heterocycles. The van der Waals surface area contributed by atoms with E-state index in [1.807, 2.05) is 36.4 Å². The first kappa shape index (κ1) is 15.9.